The van der Waals surface area contributed by atoms with E-state index < -0.39 is 90.3 Å². The van der Waals surface area contributed by atoms with E-state index in [1.807, 2.05) is 60.7 Å². The van der Waals surface area contributed by atoms with Gasteiger partial charge >= 0.3 is 5.97 Å². The number of amides is 6. The number of aromatic amines is 1. The summed E-state index contributed by atoms with van der Waals surface area (Å²) in [6, 6.07) is 26.5. The third-order valence-electron chi connectivity index (χ3n) is 11.3. The van der Waals surface area contributed by atoms with Crippen LogP contribution in [0.25, 0.3) is 10.9 Å². The van der Waals surface area contributed by atoms with Crippen molar-refractivity contribution in [2.75, 3.05) is 13.1 Å². The fourth-order valence-electron chi connectivity index (χ4n) is 7.60. The molecule has 5 rings (SSSR count). The van der Waals surface area contributed by atoms with Crippen molar-refractivity contribution < 1.29 is 43.8 Å². The number of nitrogens with one attached hydrogen (secondary N) is 7. The van der Waals surface area contributed by atoms with Crippen LogP contribution in [0.3, 0.4) is 0 Å². The van der Waals surface area contributed by atoms with E-state index in [9.17, 15) is 38.7 Å². The van der Waals surface area contributed by atoms with Crippen molar-refractivity contribution in [2.24, 2.45) is 11.5 Å². The van der Waals surface area contributed by atoms with Gasteiger partial charge in [0.25, 0.3) is 0 Å². The summed E-state index contributed by atoms with van der Waals surface area (Å²) in [7, 11) is 0. The van der Waals surface area contributed by atoms with E-state index in [1.54, 1.807) is 60.8 Å². The number of carboxylic acid groups (broad SMARTS) is 1. The number of carbonyl (C=O) groups excluding carboxylic acids is 6. The zero-order valence-electron chi connectivity index (χ0n) is 37.9. The van der Waals surface area contributed by atoms with Gasteiger partial charge in [0.15, 0.2) is 0 Å². The zero-order chi connectivity index (χ0) is 49.0. The van der Waals surface area contributed by atoms with E-state index in [0.29, 0.717) is 24.0 Å². The van der Waals surface area contributed by atoms with Crippen LogP contribution in [0.2, 0.25) is 0 Å². The lowest BCUT2D eigenvalue weighted by Gasteiger charge is -2.28. The van der Waals surface area contributed by atoms with Crippen molar-refractivity contribution in [1.82, 2.24) is 36.9 Å². The van der Waals surface area contributed by atoms with Gasteiger partial charge in [0.2, 0.25) is 35.4 Å². The minimum absolute atomic E-state index is 0.0386. The van der Waals surface area contributed by atoms with Crippen LogP contribution in [-0.2, 0) is 59.2 Å². The Balaban J connectivity index is 1.39. The quantitative estimate of drug-likeness (QED) is 0.0347. The van der Waals surface area contributed by atoms with Crippen LogP contribution in [0.15, 0.2) is 121 Å². The predicted molar refractivity (Wildman–Crippen MR) is 255 cm³/mol. The van der Waals surface area contributed by atoms with Gasteiger partial charge in [-0.3, -0.25) is 33.6 Å². The number of hydrogen-bond acceptors (Lipinski definition) is 10. The number of nitrogens with two attached hydrogens (primary N) is 2. The van der Waals surface area contributed by atoms with E-state index in [1.165, 1.54) is 6.92 Å². The van der Waals surface area contributed by atoms with Gasteiger partial charge < -0.3 is 58.6 Å². The maximum atomic E-state index is 14.6. The average Bonchev–Trinajstić information content (AvgIpc) is 3.74. The molecular weight excluding hydrogens is 871 g/mol. The molecule has 18 nitrogen and oxygen atoms in total. The van der Waals surface area contributed by atoms with E-state index >= 15 is 0 Å². The molecule has 18 heteroatoms. The van der Waals surface area contributed by atoms with Crippen molar-refractivity contribution >= 4 is 52.3 Å². The maximum absolute atomic E-state index is 14.6. The molecule has 0 spiro atoms. The summed E-state index contributed by atoms with van der Waals surface area (Å²) in [6.45, 7) is 0.819. The standard InChI is InChI=1S/C50H61N9O9/c1-31(60)44(50(68)58-40(46(64)54-30-43(61)62)26-33-17-7-3-8-18-33)59-47(65)39(23-13-14-24-51)55-49(67)42(28-35-29-53-38-22-12-11-21-36(35)38)57-48(66)41(27-34-19-9-4-10-20-34)56-45(63)37(52)25-32-15-5-2-6-16-32/h2-12,15-22,29,31,37,39-42,44,53,60H,13-14,23-28,30,51-52H2,1H3,(H,54,64)(H,55,67)(H,56,63)(H,57,66)(H,58,68)(H,59,65)(H,61,62)/t31-,37+,39+,40+,41+,42-,44+/m1/s1. The largest absolute Gasteiger partial charge is 0.480 e. The summed E-state index contributed by atoms with van der Waals surface area (Å²) in [5.41, 5.74) is 15.8. The first-order valence-corrected chi connectivity index (χ1v) is 22.5. The molecule has 6 amide bonds. The van der Waals surface area contributed by atoms with Crippen LogP contribution in [0.4, 0.5) is 0 Å². The summed E-state index contributed by atoms with van der Waals surface area (Å²) >= 11 is 0. The van der Waals surface area contributed by atoms with Gasteiger partial charge in [-0.2, -0.15) is 0 Å². The van der Waals surface area contributed by atoms with Crippen LogP contribution in [0, 0.1) is 0 Å². The molecule has 1 aromatic heterocycles. The monoisotopic (exact) mass is 931 g/mol. The molecule has 0 fully saturated rings. The molecule has 0 aliphatic rings. The highest BCUT2D eigenvalue weighted by Crippen LogP contribution is 2.20. The average molecular weight is 932 g/mol. The van der Waals surface area contributed by atoms with Crippen LogP contribution >= 0.6 is 0 Å². The molecule has 0 radical (unpaired) electrons. The minimum Gasteiger partial charge on any atom is -0.480 e. The highest BCUT2D eigenvalue weighted by Gasteiger charge is 2.35. The highest BCUT2D eigenvalue weighted by atomic mass is 16.4. The molecule has 0 aliphatic heterocycles. The number of fused-ring (bicyclic) bond motifs is 1. The van der Waals surface area contributed by atoms with Gasteiger partial charge in [-0.25, -0.2) is 0 Å². The van der Waals surface area contributed by atoms with Gasteiger partial charge in [-0.05, 0) is 67.5 Å². The predicted octanol–water partition coefficient (Wildman–Crippen LogP) is 0.900. The first kappa shape index (κ1) is 51.6. The molecule has 360 valence electrons. The molecular formula is C50H61N9O9. The summed E-state index contributed by atoms with van der Waals surface area (Å²) in [5, 5.41) is 36.5. The Hall–Kier alpha value is -7.41. The molecule has 13 N–H and O–H groups in total. The third kappa shape index (κ3) is 15.9. The summed E-state index contributed by atoms with van der Waals surface area (Å²) < 4.78 is 0. The molecule has 4 aromatic carbocycles. The van der Waals surface area contributed by atoms with Crippen LogP contribution < -0.4 is 43.4 Å². The first-order chi connectivity index (χ1) is 32.7. The van der Waals surface area contributed by atoms with Crippen molar-refractivity contribution in [3.63, 3.8) is 0 Å². The Bertz CT molecular complexity index is 2450. The van der Waals surface area contributed by atoms with E-state index in [-0.39, 0.29) is 38.6 Å². The molecule has 5 aromatic rings. The third-order valence-corrected chi connectivity index (χ3v) is 11.3. The van der Waals surface area contributed by atoms with Crippen molar-refractivity contribution in [3.8, 4) is 0 Å². The lowest BCUT2D eigenvalue weighted by atomic mass is 10.0. The van der Waals surface area contributed by atoms with Gasteiger partial charge in [0.05, 0.1) is 12.1 Å². The Morgan fingerprint density at radius 2 is 1.03 bits per heavy atom. The normalized spacial score (nSPS) is 14.2. The van der Waals surface area contributed by atoms with E-state index in [0.717, 1.165) is 22.0 Å². The lowest BCUT2D eigenvalue weighted by Crippen LogP contribution is -2.61. The van der Waals surface area contributed by atoms with Crippen LogP contribution in [0.1, 0.15) is 48.4 Å². The number of hydrogen-bond donors (Lipinski definition) is 11. The van der Waals surface area contributed by atoms with Crippen LogP contribution in [0.5, 0.6) is 0 Å². The Labute approximate surface area is 394 Å². The van der Waals surface area contributed by atoms with Gasteiger partial charge in [-0.1, -0.05) is 109 Å². The number of aliphatic hydroxyl groups is 1. The van der Waals surface area contributed by atoms with E-state index in [4.69, 9.17) is 16.6 Å². The molecule has 0 saturated carbocycles. The first-order valence-electron chi connectivity index (χ1n) is 22.5. The number of carboxylic acids is 1. The number of H-pyrrole nitrogens is 1. The number of aromatic nitrogens is 1. The van der Waals surface area contributed by atoms with Gasteiger partial charge in [-0.15, -0.1) is 0 Å². The minimum atomic E-state index is -1.64. The SMILES string of the molecule is C[C@@H](O)[C@H](NC(=O)[C@H](CCCCN)NC(=O)[C@@H](Cc1c[nH]c2ccccc12)NC(=O)[C@H](Cc1ccccc1)NC(=O)[C@@H](N)Cc1ccccc1)C(=O)N[C@@H](Cc1ccccc1)C(=O)NCC(=O)O. The molecule has 7 atom stereocenters. The van der Waals surface area contributed by atoms with Crippen molar-refractivity contribution in [2.45, 2.75) is 94.2 Å². The number of carbonyl (C=O) groups is 7. The summed E-state index contributed by atoms with van der Waals surface area (Å²) in [5.74, 6) is -5.96. The molecule has 1 heterocycles. The molecule has 0 unspecified atom stereocenters. The lowest BCUT2D eigenvalue weighted by molar-refractivity contribution is -0.139. The Kier molecular flexibility index (Phi) is 19.8. The number of unbranched alkanes of at least 4 members (excludes halogenated alkanes) is 1. The summed E-state index contributed by atoms with van der Waals surface area (Å²) in [6.07, 6.45) is 1.24. The van der Waals surface area contributed by atoms with Crippen molar-refractivity contribution in [1.29, 1.82) is 0 Å². The molecule has 0 saturated heterocycles. The number of aliphatic carboxylic acids is 1. The topological polar surface area (TPSA) is 300 Å². The second-order valence-electron chi connectivity index (χ2n) is 16.6. The van der Waals surface area contributed by atoms with Crippen molar-refractivity contribution in [3.05, 3.63) is 144 Å². The summed E-state index contributed by atoms with van der Waals surface area (Å²) in [4.78, 5) is 98.2. The van der Waals surface area contributed by atoms with Crippen LogP contribution in [-0.4, -0.2) is 112 Å². The molecule has 68 heavy (non-hydrogen) atoms. The zero-order valence-corrected chi connectivity index (χ0v) is 37.9. The smallest absolute Gasteiger partial charge is 0.322 e. The molecule has 0 bridgehead atoms. The maximum Gasteiger partial charge on any atom is 0.322 e. The van der Waals surface area contributed by atoms with Gasteiger partial charge in [0, 0.05) is 36.4 Å². The Morgan fingerprint density at radius 3 is 1.59 bits per heavy atom. The second kappa shape index (κ2) is 26.1. The number of benzene rings is 4. The fraction of sp³-hybridized carbons (Fsp3) is 0.340. The molecule has 0 aliphatic carbocycles. The van der Waals surface area contributed by atoms with Gasteiger partial charge in [0.1, 0.15) is 36.8 Å². The second-order valence-corrected chi connectivity index (χ2v) is 16.6. The highest BCUT2D eigenvalue weighted by molar-refractivity contribution is 5.97. The van der Waals surface area contributed by atoms with E-state index in [2.05, 4.69) is 36.9 Å². The number of para-hydroxylation sites is 1. The Morgan fingerprint density at radius 1 is 0.559 bits per heavy atom. The number of rotatable bonds is 26. The fourth-order valence-corrected chi connectivity index (χ4v) is 7.60. The number of aliphatic hydroxyl groups excluding tert-OH is 1.